The zero-order valence-corrected chi connectivity index (χ0v) is 10.4. The lowest BCUT2D eigenvalue weighted by atomic mass is 10.1. The van der Waals surface area contributed by atoms with Crippen LogP contribution in [0, 0.1) is 6.92 Å². The molecular formula is C13H11ClN2O2. The van der Waals surface area contributed by atoms with Gasteiger partial charge in [-0.05, 0) is 30.7 Å². The van der Waals surface area contributed by atoms with E-state index in [9.17, 15) is 9.90 Å². The summed E-state index contributed by atoms with van der Waals surface area (Å²) in [7, 11) is 0. The number of aromatic hydroxyl groups is 1. The van der Waals surface area contributed by atoms with Gasteiger partial charge in [0.2, 0.25) is 0 Å². The average Bonchev–Trinajstić information content (AvgIpc) is 2.32. The third-order valence-corrected chi connectivity index (χ3v) is 2.68. The van der Waals surface area contributed by atoms with Gasteiger partial charge < -0.3 is 10.4 Å². The van der Waals surface area contributed by atoms with Crippen molar-refractivity contribution in [3.8, 4) is 5.75 Å². The number of rotatable bonds is 2. The molecule has 2 N–H and O–H groups in total. The molecule has 2 aromatic rings. The molecule has 1 aromatic heterocycles. The number of nitrogens with one attached hydrogen (secondary N) is 1. The van der Waals surface area contributed by atoms with Gasteiger partial charge in [0.25, 0.3) is 5.91 Å². The van der Waals surface area contributed by atoms with Gasteiger partial charge in [-0.25, -0.2) is 4.98 Å². The van der Waals surface area contributed by atoms with E-state index < -0.39 is 5.91 Å². The van der Waals surface area contributed by atoms with Crippen LogP contribution in [0.5, 0.6) is 5.75 Å². The summed E-state index contributed by atoms with van der Waals surface area (Å²) in [4.78, 5) is 15.9. The quantitative estimate of drug-likeness (QED) is 0.875. The second kappa shape index (κ2) is 5.06. The number of carbonyl (C=O) groups is 1. The summed E-state index contributed by atoms with van der Waals surface area (Å²) >= 11 is 5.79. The SMILES string of the molecule is Cc1cccc(C(=O)Nc2cc(Cl)ccn2)c1O. The van der Waals surface area contributed by atoms with E-state index in [1.165, 1.54) is 12.3 Å². The molecule has 1 heterocycles. The lowest BCUT2D eigenvalue weighted by molar-refractivity contribution is 0.102. The van der Waals surface area contributed by atoms with Gasteiger partial charge in [0.05, 0.1) is 5.56 Å². The van der Waals surface area contributed by atoms with E-state index in [1.807, 2.05) is 0 Å². The first-order valence-corrected chi connectivity index (χ1v) is 5.67. The van der Waals surface area contributed by atoms with Crippen molar-refractivity contribution in [3.05, 3.63) is 52.7 Å². The van der Waals surface area contributed by atoms with Crippen molar-refractivity contribution >= 4 is 23.3 Å². The van der Waals surface area contributed by atoms with Crippen LogP contribution in [0.15, 0.2) is 36.5 Å². The Balaban J connectivity index is 2.25. The second-order valence-electron chi connectivity index (χ2n) is 3.78. The highest BCUT2D eigenvalue weighted by atomic mass is 35.5. The highest BCUT2D eigenvalue weighted by Crippen LogP contribution is 2.22. The molecule has 0 aliphatic carbocycles. The summed E-state index contributed by atoms with van der Waals surface area (Å²) < 4.78 is 0. The van der Waals surface area contributed by atoms with Crippen molar-refractivity contribution in [1.29, 1.82) is 0 Å². The van der Waals surface area contributed by atoms with Crippen LogP contribution in [0.25, 0.3) is 0 Å². The Morgan fingerprint density at radius 1 is 1.39 bits per heavy atom. The number of aromatic nitrogens is 1. The third-order valence-electron chi connectivity index (χ3n) is 2.45. The summed E-state index contributed by atoms with van der Waals surface area (Å²) in [5.74, 6) is -0.114. The Morgan fingerprint density at radius 2 is 2.17 bits per heavy atom. The fourth-order valence-electron chi connectivity index (χ4n) is 1.50. The Labute approximate surface area is 109 Å². The highest BCUT2D eigenvalue weighted by molar-refractivity contribution is 6.30. The molecule has 0 saturated carbocycles. The van der Waals surface area contributed by atoms with Gasteiger partial charge in [-0.1, -0.05) is 23.7 Å². The predicted octanol–water partition coefficient (Wildman–Crippen LogP) is 3.00. The van der Waals surface area contributed by atoms with Crippen molar-refractivity contribution in [2.75, 3.05) is 5.32 Å². The van der Waals surface area contributed by atoms with Crippen LogP contribution in [-0.4, -0.2) is 16.0 Å². The first-order valence-electron chi connectivity index (χ1n) is 5.29. The van der Waals surface area contributed by atoms with Crippen LogP contribution in [0.1, 0.15) is 15.9 Å². The number of hydrogen-bond donors (Lipinski definition) is 2. The first-order chi connectivity index (χ1) is 8.58. The smallest absolute Gasteiger partial charge is 0.260 e. The minimum absolute atomic E-state index is 0.0305. The van der Waals surface area contributed by atoms with Gasteiger partial charge in [0, 0.05) is 11.2 Å². The van der Waals surface area contributed by atoms with Crippen molar-refractivity contribution in [3.63, 3.8) is 0 Å². The summed E-state index contributed by atoms with van der Waals surface area (Å²) in [6.07, 6.45) is 1.49. The van der Waals surface area contributed by atoms with Crippen molar-refractivity contribution < 1.29 is 9.90 Å². The molecule has 0 bridgehead atoms. The fourth-order valence-corrected chi connectivity index (χ4v) is 1.66. The maximum atomic E-state index is 11.9. The summed E-state index contributed by atoms with van der Waals surface area (Å²) in [6, 6.07) is 8.12. The van der Waals surface area contributed by atoms with Crippen LogP contribution in [0.2, 0.25) is 5.02 Å². The number of para-hydroxylation sites is 1. The molecule has 0 fully saturated rings. The van der Waals surface area contributed by atoms with Crippen LogP contribution in [0.3, 0.4) is 0 Å². The van der Waals surface area contributed by atoms with E-state index in [2.05, 4.69) is 10.3 Å². The van der Waals surface area contributed by atoms with E-state index >= 15 is 0 Å². The Kier molecular flexibility index (Phi) is 3.48. The maximum Gasteiger partial charge on any atom is 0.260 e. The predicted molar refractivity (Wildman–Crippen MR) is 70.0 cm³/mol. The van der Waals surface area contributed by atoms with Crippen LogP contribution < -0.4 is 5.32 Å². The number of anilines is 1. The molecule has 0 saturated heterocycles. The van der Waals surface area contributed by atoms with Gasteiger partial charge >= 0.3 is 0 Å². The fraction of sp³-hybridized carbons (Fsp3) is 0.0769. The van der Waals surface area contributed by atoms with E-state index in [1.54, 1.807) is 31.2 Å². The number of halogens is 1. The highest BCUT2D eigenvalue weighted by Gasteiger charge is 2.13. The third kappa shape index (κ3) is 2.60. The molecule has 92 valence electrons. The van der Waals surface area contributed by atoms with Gasteiger partial charge in [0.1, 0.15) is 11.6 Å². The average molecular weight is 263 g/mol. The first kappa shape index (κ1) is 12.4. The number of carbonyl (C=O) groups excluding carboxylic acids is 1. The summed E-state index contributed by atoms with van der Waals surface area (Å²) in [6.45, 7) is 1.73. The van der Waals surface area contributed by atoms with Crippen LogP contribution >= 0.6 is 11.6 Å². The molecule has 0 atom stereocenters. The minimum atomic E-state index is -0.425. The Hall–Kier alpha value is -2.07. The Morgan fingerprint density at radius 3 is 2.89 bits per heavy atom. The molecular weight excluding hydrogens is 252 g/mol. The van der Waals surface area contributed by atoms with Gasteiger partial charge in [-0.2, -0.15) is 0 Å². The van der Waals surface area contributed by atoms with E-state index in [0.717, 1.165) is 0 Å². The zero-order valence-electron chi connectivity index (χ0n) is 9.64. The molecule has 2 rings (SSSR count). The number of hydrogen-bond acceptors (Lipinski definition) is 3. The number of aryl methyl sites for hydroxylation is 1. The second-order valence-corrected chi connectivity index (χ2v) is 4.22. The molecule has 0 unspecified atom stereocenters. The molecule has 0 radical (unpaired) electrons. The molecule has 0 aliphatic rings. The molecule has 18 heavy (non-hydrogen) atoms. The topological polar surface area (TPSA) is 62.2 Å². The van der Waals surface area contributed by atoms with E-state index in [4.69, 9.17) is 11.6 Å². The molecule has 5 heteroatoms. The molecule has 1 amide bonds. The number of nitrogens with zero attached hydrogens (tertiary/aromatic N) is 1. The number of pyridine rings is 1. The number of benzene rings is 1. The molecule has 4 nitrogen and oxygen atoms in total. The lowest BCUT2D eigenvalue weighted by Crippen LogP contribution is -2.13. The molecule has 1 aromatic carbocycles. The Bertz CT molecular complexity index is 599. The normalized spacial score (nSPS) is 10.1. The maximum absolute atomic E-state index is 11.9. The van der Waals surface area contributed by atoms with Crippen molar-refractivity contribution in [2.24, 2.45) is 0 Å². The van der Waals surface area contributed by atoms with Gasteiger partial charge in [-0.15, -0.1) is 0 Å². The molecule has 0 aliphatic heterocycles. The standard InChI is InChI=1S/C13H11ClN2O2/c1-8-3-2-4-10(12(8)17)13(18)16-11-7-9(14)5-6-15-11/h2-7,17H,1H3,(H,15,16,18). The van der Waals surface area contributed by atoms with E-state index in [0.29, 0.717) is 16.4 Å². The largest absolute Gasteiger partial charge is 0.507 e. The summed E-state index contributed by atoms with van der Waals surface area (Å²) in [5.41, 5.74) is 0.846. The van der Waals surface area contributed by atoms with Gasteiger partial charge in [0.15, 0.2) is 0 Å². The number of amides is 1. The number of phenolic OH excluding ortho intramolecular Hbond substituents is 1. The van der Waals surface area contributed by atoms with Crippen molar-refractivity contribution in [1.82, 2.24) is 4.98 Å². The monoisotopic (exact) mass is 262 g/mol. The van der Waals surface area contributed by atoms with Crippen LogP contribution in [-0.2, 0) is 0 Å². The van der Waals surface area contributed by atoms with Gasteiger partial charge in [-0.3, -0.25) is 4.79 Å². The number of phenols is 1. The van der Waals surface area contributed by atoms with E-state index in [-0.39, 0.29) is 11.3 Å². The minimum Gasteiger partial charge on any atom is -0.507 e. The summed E-state index contributed by atoms with van der Waals surface area (Å²) in [5, 5.41) is 12.8. The zero-order chi connectivity index (χ0) is 13.1. The van der Waals surface area contributed by atoms with Crippen molar-refractivity contribution in [2.45, 2.75) is 6.92 Å². The van der Waals surface area contributed by atoms with Crippen LogP contribution in [0.4, 0.5) is 5.82 Å². The lowest BCUT2D eigenvalue weighted by Gasteiger charge is -2.07. The molecule has 0 spiro atoms.